The number of ether oxygens (including phenoxy) is 1. The summed E-state index contributed by atoms with van der Waals surface area (Å²) in [4.78, 5) is 0. The normalized spacial score (nSPS) is 23.1. The standard InChI is InChI=1S/C16H23NO/c1-15(2)10-12-6-4-7-13(14(12)18-15)11-17-16(3)8-5-9-16/h4,6-7,17H,5,8-11H2,1-3H3. The molecule has 1 fully saturated rings. The maximum atomic E-state index is 6.10. The highest BCUT2D eigenvalue weighted by molar-refractivity contribution is 5.45. The fourth-order valence-electron chi connectivity index (χ4n) is 3.01. The molecule has 3 rings (SSSR count). The van der Waals surface area contributed by atoms with Crippen LogP contribution in [0.4, 0.5) is 0 Å². The number of fused-ring (bicyclic) bond motifs is 1. The van der Waals surface area contributed by atoms with Gasteiger partial charge >= 0.3 is 0 Å². The van der Waals surface area contributed by atoms with Crippen molar-refractivity contribution in [2.45, 2.75) is 64.1 Å². The van der Waals surface area contributed by atoms with E-state index in [9.17, 15) is 0 Å². The van der Waals surface area contributed by atoms with Crippen molar-refractivity contribution in [3.05, 3.63) is 29.3 Å². The van der Waals surface area contributed by atoms with Gasteiger partial charge in [-0.1, -0.05) is 18.2 Å². The van der Waals surface area contributed by atoms with E-state index in [0.717, 1.165) is 18.7 Å². The Morgan fingerprint density at radius 3 is 2.67 bits per heavy atom. The van der Waals surface area contributed by atoms with Crippen molar-refractivity contribution < 1.29 is 4.74 Å². The van der Waals surface area contributed by atoms with Crippen LogP contribution in [0.3, 0.4) is 0 Å². The van der Waals surface area contributed by atoms with E-state index in [1.165, 1.54) is 30.4 Å². The van der Waals surface area contributed by atoms with E-state index >= 15 is 0 Å². The number of rotatable bonds is 3. The summed E-state index contributed by atoms with van der Waals surface area (Å²) in [5.41, 5.74) is 2.99. The van der Waals surface area contributed by atoms with Crippen molar-refractivity contribution >= 4 is 0 Å². The van der Waals surface area contributed by atoms with Gasteiger partial charge in [0.25, 0.3) is 0 Å². The molecule has 0 saturated heterocycles. The Morgan fingerprint density at radius 1 is 1.22 bits per heavy atom. The van der Waals surface area contributed by atoms with E-state index < -0.39 is 0 Å². The number of para-hydroxylation sites is 1. The molecule has 1 saturated carbocycles. The minimum atomic E-state index is -0.0428. The number of benzene rings is 1. The summed E-state index contributed by atoms with van der Waals surface area (Å²) in [6.07, 6.45) is 4.98. The Morgan fingerprint density at radius 2 is 2.00 bits per heavy atom. The minimum absolute atomic E-state index is 0.0428. The van der Waals surface area contributed by atoms with Gasteiger partial charge in [-0.15, -0.1) is 0 Å². The second kappa shape index (κ2) is 3.99. The Hall–Kier alpha value is -1.02. The predicted molar refractivity (Wildman–Crippen MR) is 73.9 cm³/mol. The van der Waals surface area contributed by atoms with Gasteiger partial charge in [-0.2, -0.15) is 0 Å². The van der Waals surface area contributed by atoms with Crippen molar-refractivity contribution in [2.24, 2.45) is 0 Å². The van der Waals surface area contributed by atoms with Gasteiger partial charge in [-0.3, -0.25) is 0 Å². The van der Waals surface area contributed by atoms with Gasteiger partial charge < -0.3 is 10.1 Å². The van der Waals surface area contributed by atoms with Crippen LogP contribution in [-0.2, 0) is 13.0 Å². The first-order chi connectivity index (χ1) is 8.48. The van der Waals surface area contributed by atoms with Crippen LogP contribution in [0.25, 0.3) is 0 Å². The first kappa shape index (κ1) is 12.0. The zero-order valence-electron chi connectivity index (χ0n) is 11.7. The molecule has 1 aromatic rings. The first-order valence-corrected chi connectivity index (χ1v) is 7.02. The van der Waals surface area contributed by atoms with Crippen LogP contribution in [0.1, 0.15) is 51.2 Å². The van der Waals surface area contributed by atoms with Crippen molar-refractivity contribution in [1.82, 2.24) is 5.32 Å². The highest BCUT2D eigenvalue weighted by Gasteiger charge is 2.33. The largest absolute Gasteiger partial charge is 0.487 e. The molecule has 2 nitrogen and oxygen atoms in total. The fraction of sp³-hybridized carbons (Fsp3) is 0.625. The zero-order chi connectivity index (χ0) is 12.8. The van der Waals surface area contributed by atoms with Crippen molar-refractivity contribution in [3.63, 3.8) is 0 Å². The minimum Gasteiger partial charge on any atom is -0.487 e. The molecule has 0 atom stereocenters. The van der Waals surface area contributed by atoms with E-state index in [1.807, 2.05) is 0 Å². The second-order valence-corrected chi connectivity index (χ2v) is 6.71. The van der Waals surface area contributed by atoms with Crippen LogP contribution in [-0.4, -0.2) is 11.1 Å². The van der Waals surface area contributed by atoms with E-state index in [4.69, 9.17) is 4.74 Å². The number of hydrogen-bond acceptors (Lipinski definition) is 2. The maximum absolute atomic E-state index is 6.10. The quantitative estimate of drug-likeness (QED) is 0.881. The Bertz CT molecular complexity index is 460. The molecule has 1 aromatic carbocycles. The van der Waals surface area contributed by atoms with Crippen molar-refractivity contribution in [1.29, 1.82) is 0 Å². The van der Waals surface area contributed by atoms with Crippen LogP contribution >= 0.6 is 0 Å². The third-order valence-corrected chi connectivity index (χ3v) is 4.34. The lowest BCUT2D eigenvalue weighted by atomic mass is 9.78. The van der Waals surface area contributed by atoms with E-state index in [-0.39, 0.29) is 5.60 Å². The zero-order valence-corrected chi connectivity index (χ0v) is 11.7. The van der Waals surface area contributed by atoms with Crippen LogP contribution in [0.15, 0.2) is 18.2 Å². The molecule has 0 spiro atoms. The van der Waals surface area contributed by atoms with Crippen molar-refractivity contribution in [2.75, 3.05) is 0 Å². The molecule has 0 unspecified atom stereocenters. The average molecular weight is 245 g/mol. The third kappa shape index (κ3) is 2.14. The Kier molecular flexibility index (Phi) is 2.67. The molecule has 0 aromatic heterocycles. The SMILES string of the molecule is CC1(NCc2cccc3c2OC(C)(C)C3)CCC1. The van der Waals surface area contributed by atoms with Gasteiger partial charge in [0.15, 0.2) is 0 Å². The van der Waals surface area contributed by atoms with Crippen LogP contribution < -0.4 is 10.1 Å². The summed E-state index contributed by atoms with van der Waals surface area (Å²) in [5.74, 6) is 1.12. The molecule has 98 valence electrons. The van der Waals surface area contributed by atoms with Crippen LogP contribution in [0.5, 0.6) is 5.75 Å². The van der Waals surface area contributed by atoms with Gasteiger partial charge in [0, 0.05) is 24.1 Å². The fourth-order valence-corrected chi connectivity index (χ4v) is 3.01. The van der Waals surface area contributed by atoms with E-state index in [2.05, 4.69) is 44.3 Å². The summed E-state index contributed by atoms with van der Waals surface area (Å²) in [7, 11) is 0. The Balaban J connectivity index is 1.76. The summed E-state index contributed by atoms with van der Waals surface area (Å²) in [6.45, 7) is 7.58. The molecule has 1 aliphatic heterocycles. The maximum Gasteiger partial charge on any atom is 0.127 e. The molecule has 18 heavy (non-hydrogen) atoms. The summed E-state index contributed by atoms with van der Waals surface area (Å²) >= 11 is 0. The third-order valence-electron chi connectivity index (χ3n) is 4.34. The first-order valence-electron chi connectivity index (χ1n) is 7.02. The monoisotopic (exact) mass is 245 g/mol. The van der Waals surface area contributed by atoms with Gasteiger partial charge in [0.2, 0.25) is 0 Å². The number of hydrogen-bond donors (Lipinski definition) is 1. The van der Waals surface area contributed by atoms with Crippen LogP contribution in [0, 0.1) is 0 Å². The lowest BCUT2D eigenvalue weighted by Crippen LogP contribution is -2.47. The topological polar surface area (TPSA) is 21.3 Å². The summed E-state index contributed by atoms with van der Waals surface area (Å²) in [6, 6.07) is 6.54. The highest BCUT2D eigenvalue weighted by Crippen LogP contribution is 2.38. The molecule has 2 heteroatoms. The van der Waals surface area contributed by atoms with Gasteiger partial charge in [0.1, 0.15) is 11.4 Å². The molecule has 1 heterocycles. The van der Waals surface area contributed by atoms with Crippen molar-refractivity contribution in [3.8, 4) is 5.75 Å². The second-order valence-electron chi connectivity index (χ2n) is 6.71. The Labute approximate surface area is 110 Å². The predicted octanol–water partition coefficient (Wildman–Crippen LogP) is 3.43. The van der Waals surface area contributed by atoms with Gasteiger partial charge in [-0.25, -0.2) is 0 Å². The average Bonchev–Trinajstić information content (AvgIpc) is 2.58. The molecule has 1 N–H and O–H groups in total. The van der Waals surface area contributed by atoms with E-state index in [1.54, 1.807) is 0 Å². The van der Waals surface area contributed by atoms with E-state index in [0.29, 0.717) is 5.54 Å². The molecule has 0 radical (unpaired) electrons. The molecule has 0 bridgehead atoms. The molecule has 2 aliphatic rings. The highest BCUT2D eigenvalue weighted by atomic mass is 16.5. The molecular weight excluding hydrogens is 222 g/mol. The summed E-state index contributed by atoms with van der Waals surface area (Å²) in [5, 5.41) is 3.69. The molecular formula is C16H23NO. The summed E-state index contributed by atoms with van der Waals surface area (Å²) < 4.78 is 6.10. The molecule has 1 aliphatic carbocycles. The van der Waals surface area contributed by atoms with Gasteiger partial charge in [-0.05, 0) is 45.6 Å². The lowest BCUT2D eigenvalue weighted by Gasteiger charge is -2.39. The van der Waals surface area contributed by atoms with Gasteiger partial charge in [0.05, 0.1) is 0 Å². The smallest absolute Gasteiger partial charge is 0.127 e. The van der Waals surface area contributed by atoms with Crippen LogP contribution in [0.2, 0.25) is 0 Å². The lowest BCUT2D eigenvalue weighted by molar-refractivity contribution is 0.136. The molecule has 0 amide bonds. The number of nitrogens with one attached hydrogen (secondary N) is 1.